The third-order valence-corrected chi connectivity index (χ3v) is 4.34. The predicted molar refractivity (Wildman–Crippen MR) is 76.8 cm³/mol. The van der Waals surface area contributed by atoms with Gasteiger partial charge in [-0.2, -0.15) is 10.1 Å². The van der Waals surface area contributed by atoms with Crippen LogP contribution < -0.4 is 5.73 Å². The quantitative estimate of drug-likeness (QED) is 0.751. The second-order valence-corrected chi connectivity index (χ2v) is 6.11. The lowest BCUT2D eigenvalue weighted by molar-refractivity contribution is 0.229. The van der Waals surface area contributed by atoms with Gasteiger partial charge in [0.2, 0.25) is 0 Å². The Labute approximate surface area is 122 Å². The molecule has 1 aromatic carbocycles. The third-order valence-electron chi connectivity index (χ3n) is 3.84. The molecule has 1 aliphatic carbocycles. The van der Waals surface area contributed by atoms with E-state index in [4.69, 9.17) is 10.3 Å². The van der Waals surface area contributed by atoms with E-state index in [1.807, 2.05) is 18.2 Å². The van der Waals surface area contributed by atoms with Gasteiger partial charge in [0.15, 0.2) is 11.5 Å². The molecule has 0 aliphatic heterocycles. The fraction of sp³-hybridized carbons (Fsp3) is 0.308. The van der Waals surface area contributed by atoms with E-state index in [0.717, 1.165) is 34.6 Å². The molecule has 0 saturated heterocycles. The first-order chi connectivity index (χ1) is 9.66. The molecule has 0 radical (unpaired) electrons. The van der Waals surface area contributed by atoms with Crippen LogP contribution in [-0.4, -0.2) is 20.3 Å². The lowest BCUT2D eigenvalue weighted by Crippen LogP contribution is -2.44. The van der Waals surface area contributed by atoms with Crippen LogP contribution >= 0.6 is 15.9 Å². The third kappa shape index (κ3) is 1.70. The minimum Gasteiger partial charge on any atom is -0.332 e. The Hall–Kier alpha value is -1.73. The zero-order valence-corrected chi connectivity index (χ0v) is 12.1. The molecule has 1 saturated carbocycles. The number of fused-ring (bicyclic) bond motifs is 1. The Balaban J connectivity index is 1.81. The van der Waals surface area contributed by atoms with Gasteiger partial charge in [-0.1, -0.05) is 21.1 Å². The van der Waals surface area contributed by atoms with Crippen molar-refractivity contribution in [3.63, 3.8) is 0 Å². The number of hydrogen-bond donors (Lipinski definition) is 2. The second-order valence-electron chi connectivity index (χ2n) is 5.19. The van der Waals surface area contributed by atoms with Crippen LogP contribution in [0.15, 0.2) is 27.2 Å². The number of aromatic nitrogens is 4. The lowest BCUT2D eigenvalue weighted by atomic mass is 9.77. The van der Waals surface area contributed by atoms with E-state index in [1.165, 1.54) is 0 Å². The molecule has 1 fully saturated rings. The summed E-state index contributed by atoms with van der Waals surface area (Å²) in [6.07, 6.45) is 2.91. The summed E-state index contributed by atoms with van der Waals surface area (Å²) in [5, 5.41) is 12.2. The fourth-order valence-electron chi connectivity index (χ4n) is 2.45. The molecular formula is C13H12BrN5O. The van der Waals surface area contributed by atoms with E-state index in [1.54, 1.807) is 0 Å². The van der Waals surface area contributed by atoms with Crippen molar-refractivity contribution in [2.24, 2.45) is 5.73 Å². The number of nitrogens with zero attached hydrogens (tertiary/aromatic N) is 3. The molecule has 2 aromatic heterocycles. The summed E-state index contributed by atoms with van der Waals surface area (Å²) in [6.45, 7) is 0. The Bertz CT molecular complexity index is 789. The highest BCUT2D eigenvalue weighted by Gasteiger charge is 2.39. The van der Waals surface area contributed by atoms with Crippen LogP contribution in [0, 0.1) is 0 Å². The molecule has 0 atom stereocenters. The molecule has 0 unspecified atom stereocenters. The summed E-state index contributed by atoms with van der Waals surface area (Å²) in [5.74, 6) is 0.978. The summed E-state index contributed by atoms with van der Waals surface area (Å²) < 4.78 is 6.31. The minimum absolute atomic E-state index is 0.404. The van der Waals surface area contributed by atoms with Crippen LogP contribution in [0.1, 0.15) is 25.1 Å². The number of H-pyrrole nitrogens is 1. The number of halogens is 1. The van der Waals surface area contributed by atoms with Gasteiger partial charge in [-0.05, 0) is 37.5 Å². The van der Waals surface area contributed by atoms with Crippen molar-refractivity contribution in [3.8, 4) is 11.6 Å². The first-order valence-corrected chi connectivity index (χ1v) is 7.22. The maximum atomic E-state index is 6.21. The van der Waals surface area contributed by atoms with Crippen LogP contribution in [0.4, 0.5) is 0 Å². The molecule has 3 aromatic rings. The molecule has 2 heterocycles. The van der Waals surface area contributed by atoms with Crippen molar-refractivity contribution >= 4 is 26.8 Å². The van der Waals surface area contributed by atoms with Gasteiger partial charge in [0.25, 0.3) is 5.89 Å². The summed E-state index contributed by atoms with van der Waals surface area (Å²) >= 11 is 3.45. The van der Waals surface area contributed by atoms with Gasteiger partial charge in [-0.15, -0.1) is 0 Å². The Kier molecular flexibility index (Phi) is 2.49. The Morgan fingerprint density at radius 3 is 2.95 bits per heavy atom. The van der Waals surface area contributed by atoms with Crippen molar-refractivity contribution in [2.75, 3.05) is 0 Å². The summed E-state index contributed by atoms with van der Waals surface area (Å²) in [6, 6.07) is 5.87. The summed E-state index contributed by atoms with van der Waals surface area (Å²) in [4.78, 5) is 4.43. The molecule has 0 bridgehead atoms. The van der Waals surface area contributed by atoms with Gasteiger partial charge in [-0.25, -0.2) is 0 Å². The highest BCUT2D eigenvalue weighted by molar-refractivity contribution is 9.10. The van der Waals surface area contributed by atoms with Crippen molar-refractivity contribution in [1.82, 2.24) is 20.3 Å². The van der Waals surface area contributed by atoms with E-state index in [2.05, 4.69) is 36.3 Å². The molecule has 20 heavy (non-hydrogen) atoms. The number of benzene rings is 1. The molecule has 1 aliphatic rings. The first kappa shape index (κ1) is 12.0. The van der Waals surface area contributed by atoms with Gasteiger partial charge >= 0.3 is 0 Å². The maximum absolute atomic E-state index is 6.21. The smallest absolute Gasteiger partial charge is 0.279 e. The van der Waals surface area contributed by atoms with Crippen LogP contribution in [0.2, 0.25) is 0 Å². The molecule has 7 heteroatoms. The number of hydrogen-bond acceptors (Lipinski definition) is 5. The molecule has 102 valence electrons. The average Bonchev–Trinajstić information content (AvgIpc) is 3.01. The van der Waals surface area contributed by atoms with Gasteiger partial charge in [-0.3, -0.25) is 5.10 Å². The van der Waals surface area contributed by atoms with E-state index >= 15 is 0 Å². The summed E-state index contributed by atoms with van der Waals surface area (Å²) in [5.41, 5.74) is 7.37. The zero-order chi connectivity index (χ0) is 13.7. The number of nitrogens with one attached hydrogen (secondary N) is 1. The van der Waals surface area contributed by atoms with E-state index in [-0.39, 0.29) is 0 Å². The average molecular weight is 334 g/mol. The van der Waals surface area contributed by atoms with Gasteiger partial charge in [0.1, 0.15) is 0 Å². The maximum Gasteiger partial charge on any atom is 0.279 e. The van der Waals surface area contributed by atoms with E-state index < -0.39 is 5.54 Å². The van der Waals surface area contributed by atoms with Crippen molar-refractivity contribution < 1.29 is 4.52 Å². The number of rotatable bonds is 2. The molecule has 0 spiro atoms. The topological polar surface area (TPSA) is 93.6 Å². The van der Waals surface area contributed by atoms with E-state index in [9.17, 15) is 0 Å². The molecule has 3 N–H and O–H groups in total. The number of nitrogens with two attached hydrogens (primary N) is 1. The van der Waals surface area contributed by atoms with Crippen LogP contribution in [0.25, 0.3) is 22.5 Å². The largest absolute Gasteiger partial charge is 0.332 e. The van der Waals surface area contributed by atoms with Gasteiger partial charge in [0.05, 0.1) is 11.1 Å². The standard InChI is InChI=1S/C13H12BrN5O/c14-7-2-3-9-8(6-7)10(18-17-9)11-16-12(19-20-11)13(15)4-1-5-13/h2-3,6H,1,4-5,15H2,(H,17,18). The Morgan fingerprint density at radius 1 is 1.35 bits per heavy atom. The van der Waals surface area contributed by atoms with E-state index in [0.29, 0.717) is 17.4 Å². The Morgan fingerprint density at radius 2 is 2.20 bits per heavy atom. The zero-order valence-electron chi connectivity index (χ0n) is 10.6. The normalized spacial score (nSPS) is 17.3. The molecule has 6 nitrogen and oxygen atoms in total. The number of aromatic amines is 1. The van der Waals surface area contributed by atoms with Crippen molar-refractivity contribution in [1.29, 1.82) is 0 Å². The fourth-order valence-corrected chi connectivity index (χ4v) is 2.81. The monoisotopic (exact) mass is 333 g/mol. The summed E-state index contributed by atoms with van der Waals surface area (Å²) in [7, 11) is 0. The molecular weight excluding hydrogens is 322 g/mol. The van der Waals surface area contributed by atoms with Crippen LogP contribution in [-0.2, 0) is 5.54 Å². The van der Waals surface area contributed by atoms with Crippen LogP contribution in [0.3, 0.4) is 0 Å². The highest BCUT2D eigenvalue weighted by atomic mass is 79.9. The van der Waals surface area contributed by atoms with Crippen LogP contribution in [0.5, 0.6) is 0 Å². The predicted octanol–water partition coefficient (Wildman–Crippen LogP) is 2.71. The minimum atomic E-state index is -0.422. The molecule has 4 rings (SSSR count). The van der Waals surface area contributed by atoms with Gasteiger partial charge in [0, 0.05) is 9.86 Å². The van der Waals surface area contributed by atoms with Crippen molar-refractivity contribution in [3.05, 3.63) is 28.5 Å². The highest BCUT2D eigenvalue weighted by Crippen LogP contribution is 2.38. The lowest BCUT2D eigenvalue weighted by Gasteiger charge is -2.34. The first-order valence-electron chi connectivity index (χ1n) is 6.43. The molecule has 0 amide bonds. The second kappa shape index (κ2) is 4.13. The van der Waals surface area contributed by atoms with Gasteiger partial charge < -0.3 is 10.3 Å². The van der Waals surface area contributed by atoms with Crippen molar-refractivity contribution in [2.45, 2.75) is 24.8 Å². The SMILES string of the molecule is NC1(c2noc(-c3n[nH]c4ccc(Br)cc34)n2)CCC1.